The van der Waals surface area contributed by atoms with Crippen molar-refractivity contribution < 1.29 is 19.6 Å². The topological polar surface area (TPSA) is 114 Å². The molecule has 136 valence electrons. The van der Waals surface area contributed by atoms with Crippen molar-refractivity contribution >= 4 is 17.8 Å². The third kappa shape index (κ3) is 4.56. The molecule has 2 aromatic carbocycles. The Balaban J connectivity index is 1.99. The molecule has 8 heteroatoms. The molecule has 2 N–H and O–H groups in total. The zero-order valence-corrected chi connectivity index (χ0v) is 14.6. The average molecular weight is 357 g/mol. The minimum atomic E-state index is -0.569. The summed E-state index contributed by atoms with van der Waals surface area (Å²) < 4.78 is 5.45. The van der Waals surface area contributed by atoms with E-state index >= 15 is 0 Å². The molecular weight excluding hydrogens is 338 g/mol. The summed E-state index contributed by atoms with van der Waals surface area (Å²) in [5.74, 6) is -0.0277. The highest BCUT2D eigenvalue weighted by atomic mass is 16.6. The fourth-order valence-electron chi connectivity index (χ4n) is 2.22. The predicted octanol–water partition coefficient (Wildman–Crippen LogP) is 2.75. The molecule has 0 aliphatic carbocycles. The van der Waals surface area contributed by atoms with E-state index in [1.54, 1.807) is 6.07 Å². The molecule has 0 bridgehead atoms. The first-order valence-electron chi connectivity index (χ1n) is 7.78. The number of nitro groups is 1. The van der Waals surface area contributed by atoms with E-state index in [9.17, 15) is 20.0 Å². The van der Waals surface area contributed by atoms with E-state index in [0.717, 1.165) is 17.3 Å². The molecule has 2 aromatic rings. The van der Waals surface area contributed by atoms with Crippen LogP contribution in [0, 0.1) is 30.9 Å². The molecule has 0 aliphatic rings. The lowest BCUT2D eigenvalue weighted by atomic mass is 10.1. The Kier molecular flexibility index (Phi) is 5.90. The van der Waals surface area contributed by atoms with Crippen molar-refractivity contribution in [2.75, 3.05) is 6.61 Å². The fraction of sp³-hybridized carbons (Fsp3) is 0.222. The van der Waals surface area contributed by atoms with Crippen LogP contribution in [0.4, 0.5) is 5.69 Å². The van der Waals surface area contributed by atoms with Gasteiger partial charge in [-0.05, 0) is 43.5 Å². The number of aryl methyl sites for hydroxylation is 2. The van der Waals surface area contributed by atoms with Gasteiger partial charge in [0, 0.05) is 17.7 Å². The SMILES string of the molecule is Cc1cccc(OCC(=O)NN=Cc2cc([N+](=O)[O-])cc(C)c2O)c1C. The Hall–Kier alpha value is -3.42. The van der Waals surface area contributed by atoms with Crippen LogP contribution in [0.1, 0.15) is 22.3 Å². The van der Waals surface area contributed by atoms with Crippen LogP contribution in [0.3, 0.4) is 0 Å². The molecule has 1 amide bonds. The zero-order valence-electron chi connectivity index (χ0n) is 14.6. The van der Waals surface area contributed by atoms with Crippen LogP contribution in [0.5, 0.6) is 11.5 Å². The first-order valence-corrected chi connectivity index (χ1v) is 7.78. The molecule has 2 rings (SSSR count). The summed E-state index contributed by atoms with van der Waals surface area (Å²) in [6, 6.07) is 7.97. The normalized spacial score (nSPS) is 10.7. The van der Waals surface area contributed by atoms with Gasteiger partial charge in [0.15, 0.2) is 6.61 Å². The van der Waals surface area contributed by atoms with E-state index in [2.05, 4.69) is 10.5 Å². The maximum Gasteiger partial charge on any atom is 0.277 e. The third-order valence-corrected chi connectivity index (χ3v) is 3.83. The molecule has 0 heterocycles. The van der Waals surface area contributed by atoms with Crippen LogP contribution in [-0.4, -0.2) is 28.8 Å². The van der Waals surface area contributed by atoms with Gasteiger partial charge in [0.25, 0.3) is 11.6 Å². The second-order valence-electron chi connectivity index (χ2n) is 5.74. The Morgan fingerprint density at radius 2 is 2.04 bits per heavy atom. The largest absolute Gasteiger partial charge is 0.507 e. The van der Waals surface area contributed by atoms with Gasteiger partial charge in [-0.3, -0.25) is 14.9 Å². The fourth-order valence-corrected chi connectivity index (χ4v) is 2.22. The van der Waals surface area contributed by atoms with Gasteiger partial charge < -0.3 is 9.84 Å². The first kappa shape index (κ1) is 18.9. The van der Waals surface area contributed by atoms with Gasteiger partial charge in [-0.15, -0.1) is 0 Å². The van der Waals surface area contributed by atoms with E-state index in [1.165, 1.54) is 19.1 Å². The van der Waals surface area contributed by atoms with Crippen LogP contribution in [0.2, 0.25) is 0 Å². The van der Waals surface area contributed by atoms with Crippen LogP contribution >= 0.6 is 0 Å². The zero-order chi connectivity index (χ0) is 19.3. The number of carbonyl (C=O) groups is 1. The average Bonchev–Trinajstić information content (AvgIpc) is 2.59. The summed E-state index contributed by atoms with van der Waals surface area (Å²) in [6.45, 7) is 5.14. The van der Waals surface area contributed by atoms with Crippen molar-refractivity contribution in [3.8, 4) is 11.5 Å². The van der Waals surface area contributed by atoms with Crippen LogP contribution in [0.25, 0.3) is 0 Å². The van der Waals surface area contributed by atoms with Crippen molar-refractivity contribution in [3.05, 3.63) is 62.7 Å². The van der Waals surface area contributed by atoms with Gasteiger partial charge in [-0.25, -0.2) is 5.43 Å². The van der Waals surface area contributed by atoms with Crippen LogP contribution < -0.4 is 10.2 Å². The standard InChI is InChI=1S/C18H19N3O5/c1-11-5-4-6-16(13(11)3)26-10-17(22)20-19-9-14-8-15(21(24)25)7-12(2)18(14)23/h4-9,23H,10H2,1-3H3,(H,20,22). The van der Waals surface area contributed by atoms with Gasteiger partial charge in [-0.2, -0.15) is 5.10 Å². The Labute approximate surface area is 150 Å². The minimum Gasteiger partial charge on any atom is -0.507 e. The number of nitro benzene ring substituents is 1. The Morgan fingerprint density at radius 3 is 2.73 bits per heavy atom. The number of nitrogens with zero attached hydrogens (tertiary/aromatic N) is 2. The lowest BCUT2D eigenvalue weighted by Gasteiger charge is -2.09. The predicted molar refractivity (Wildman–Crippen MR) is 96.6 cm³/mol. The van der Waals surface area contributed by atoms with Gasteiger partial charge >= 0.3 is 0 Å². The van der Waals surface area contributed by atoms with E-state index < -0.39 is 10.8 Å². The number of hydrogen-bond acceptors (Lipinski definition) is 6. The van der Waals surface area contributed by atoms with Crippen molar-refractivity contribution in [1.29, 1.82) is 0 Å². The monoisotopic (exact) mass is 357 g/mol. The van der Waals surface area contributed by atoms with E-state index in [-0.39, 0.29) is 23.6 Å². The lowest BCUT2D eigenvalue weighted by molar-refractivity contribution is -0.384. The van der Waals surface area contributed by atoms with Crippen molar-refractivity contribution in [3.63, 3.8) is 0 Å². The highest BCUT2D eigenvalue weighted by Gasteiger charge is 2.12. The number of phenols is 1. The summed E-state index contributed by atoms with van der Waals surface area (Å²) in [7, 11) is 0. The summed E-state index contributed by atoms with van der Waals surface area (Å²) in [4.78, 5) is 22.1. The number of ether oxygens (including phenoxy) is 1. The number of carbonyl (C=O) groups excluding carboxylic acids is 1. The van der Waals surface area contributed by atoms with Crippen LogP contribution in [-0.2, 0) is 4.79 Å². The number of hydrazone groups is 1. The number of rotatable bonds is 6. The van der Waals surface area contributed by atoms with Gasteiger partial charge in [-0.1, -0.05) is 12.1 Å². The van der Waals surface area contributed by atoms with Gasteiger partial charge in [0.05, 0.1) is 11.1 Å². The van der Waals surface area contributed by atoms with Crippen molar-refractivity contribution in [1.82, 2.24) is 5.43 Å². The second kappa shape index (κ2) is 8.11. The smallest absolute Gasteiger partial charge is 0.277 e. The molecule has 0 unspecified atom stereocenters. The highest BCUT2D eigenvalue weighted by molar-refractivity contribution is 5.87. The first-order chi connectivity index (χ1) is 12.3. The third-order valence-electron chi connectivity index (χ3n) is 3.83. The molecule has 0 saturated carbocycles. The lowest BCUT2D eigenvalue weighted by Crippen LogP contribution is -2.24. The maximum atomic E-state index is 11.8. The second-order valence-corrected chi connectivity index (χ2v) is 5.74. The summed E-state index contributed by atoms with van der Waals surface area (Å²) >= 11 is 0. The maximum absolute atomic E-state index is 11.8. The highest BCUT2D eigenvalue weighted by Crippen LogP contribution is 2.26. The summed E-state index contributed by atoms with van der Waals surface area (Å²) in [5.41, 5.74) is 4.55. The Morgan fingerprint density at radius 1 is 1.31 bits per heavy atom. The molecular formula is C18H19N3O5. The number of phenolic OH excluding ortho intramolecular Hbond substituents is 1. The number of benzene rings is 2. The van der Waals surface area contributed by atoms with Gasteiger partial charge in [0.1, 0.15) is 11.5 Å². The molecule has 8 nitrogen and oxygen atoms in total. The molecule has 0 aromatic heterocycles. The number of amides is 1. The molecule has 0 fully saturated rings. The Bertz CT molecular complexity index is 877. The molecule has 0 atom stereocenters. The van der Waals surface area contributed by atoms with Crippen molar-refractivity contribution in [2.24, 2.45) is 5.10 Å². The number of hydrogen-bond donors (Lipinski definition) is 2. The molecule has 0 radical (unpaired) electrons. The molecule has 26 heavy (non-hydrogen) atoms. The van der Waals surface area contributed by atoms with E-state index in [1.807, 2.05) is 26.0 Å². The van der Waals surface area contributed by atoms with E-state index in [4.69, 9.17) is 4.74 Å². The quantitative estimate of drug-likeness (QED) is 0.469. The van der Waals surface area contributed by atoms with Crippen molar-refractivity contribution in [2.45, 2.75) is 20.8 Å². The summed E-state index contributed by atoms with van der Waals surface area (Å²) in [6.07, 6.45) is 1.14. The molecule has 0 spiro atoms. The molecule has 0 aliphatic heterocycles. The minimum absolute atomic E-state index is 0.132. The summed E-state index contributed by atoms with van der Waals surface area (Å²) in [5, 5.41) is 24.5. The van der Waals surface area contributed by atoms with E-state index in [0.29, 0.717) is 11.3 Å². The number of aromatic hydroxyl groups is 1. The molecule has 0 saturated heterocycles. The van der Waals surface area contributed by atoms with Crippen LogP contribution in [0.15, 0.2) is 35.4 Å². The number of nitrogens with one attached hydrogen (secondary N) is 1. The van der Waals surface area contributed by atoms with Gasteiger partial charge in [0.2, 0.25) is 0 Å². The number of non-ortho nitro benzene ring substituents is 1.